The number of hydrogen-bond donors (Lipinski definition) is 1. The topological polar surface area (TPSA) is 29.3 Å². The van der Waals surface area contributed by atoms with E-state index in [1.54, 1.807) is 0 Å². The molecule has 2 nitrogen and oxygen atoms in total. The second-order valence-electron chi connectivity index (χ2n) is 5.05. The SMILES string of the molecule is CN(C)c1cc(C2CCCCC2)ccc1N.Cl. The lowest BCUT2D eigenvalue weighted by Crippen LogP contribution is -2.12. The minimum atomic E-state index is 0. The van der Waals surface area contributed by atoms with Gasteiger partial charge in [0.05, 0.1) is 11.4 Å². The van der Waals surface area contributed by atoms with Crippen LogP contribution in [0.3, 0.4) is 0 Å². The molecule has 1 aromatic carbocycles. The van der Waals surface area contributed by atoms with E-state index in [4.69, 9.17) is 5.73 Å². The Morgan fingerprint density at radius 1 is 1.12 bits per heavy atom. The summed E-state index contributed by atoms with van der Waals surface area (Å²) in [6, 6.07) is 6.53. The zero-order valence-electron chi connectivity index (χ0n) is 10.8. The molecule has 2 rings (SSSR count). The van der Waals surface area contributed by atoms with Crippen LogP contribution >= 0.6 is 12.4 Å². The highest BCUT2D eigenvalue weighted by Gasteiger charge is 2.16. The maximum Gasteiger partial charge on any atom is 0.0597 e. The second-order valence-corrected chi connectivity index (χ2v) is 5.05. The molecular weight excluding hydrogens is 232 g/mol. The van der Waals surface area contributed by atoms with Gasteiger partial charge in [0.15, 0.2) is 0 Å². The number of nitrogens with zero attached hydrogens (tertiary/aromatic N) is 1. The zero-order chi connectivity index (χ0) is 11.5. The van der Waals surface area contributed by atoms with Gasteiger partial charge in [-0.1, -0.05) is 25.3 Å². The van der Waals surface area contributed by atoms with Crippen LogP contribution in [0.25, 0.3) is 0 Å². The van der Waals surface area contributed by atoms with Gasteiger partial charge in [0.1, 0.15) is 0 Å². The molecule has 0 heterocycles. The predicted molar refractivity (Wildman–Crippen MR) is 78.3 cm³/mol. The zero-order valence-corrected chi connectivity index (χ0v) is 11.6. The maximum absolute atomic E-state index is 5.98. The van der Waals surface area contributed by atoms with Gasteiger partial charge in [0.2, 0.25) is 0 Å². The van der Waals surface area contributed by atoms with Crippen molar-refractivity contribution in [1.29, 1.82) is 0 Å². The van der Waals surface area contributed by atoms with E-state index in [0.29, 0.717) is 0 Å². The molecule has 0 bridgehead atoms. The van der Waals surface area contributed by atoms with Crippen molar-refractivity contribution in [2.45, 2.75) is 38.0 Å². The van der Waals surface area contributed by atoms with Gasteiger partial charge < -0.3 is 10.6 Å². The lowest BCUT2D eigenvalue weighted by Gasteiger charge is -2.24. The molecule has 0 spiro atoms. The van der Waals surface area contributed by atoms with E-state index in [1.807, 2.05) is 0 Å². The highest BCUT2D eigenvalue weighted by Crippen LogP contribution is 2.35. The molecule has 1 aliphatic rings. The number of hydrogen-bond acceptors (Lipinski definition) is 2. The van der Waals surface area contributed by atoms with Crippen LogP contribution in [-0.2, 0) is 0 Å². The molecular formula is C14H23ClN2. The van der Waals surface area contributed by atoms with Crippen molar-refractivity contribution in [2.24, 2.45) is 0 Å². The first-order chi connectivity index (χ1) is 7.68. The van der Waals surface area contributed by atoms with Crippen molar-refractivity contribution in [1.82, 2.24) is 0 Å². The smallest absolute Gasteiger partial charge is 0.0597 e. The van der Waals surface area contributed by atoms with Crippen LogP contribution in [0, 0.1) is 0 Å². The molecule has 96 valence electrons. The van der Waals surface area contributed by atoms with E-state index < -0.39 is 0 Å². The molecule has 0 unspecified atom stereocenters. The molecule has 0 amide bonds. The lowest BCUT2D eigenvalue weighted by molar-refractivity contribution is 0.443. The predicted octanol–water partition coefficient (Wildman–Crippen LogP) is 3.80. The van der Waals surface area contributed by atoms with Crippen molar-refractivity contribution < 1.29 is 0 Å². The molecule has 1 aromatic rings. The van der Waals surface area contributed by atoms with Gasteiger partial charge in [-0.25, -0.2) is 0 Å². The molecule has 0 radical (unpaired) electrons. The van der Waals surface area contributed by atoms with Gasteiger partial charge in [-0.3, -0.25) is 0 Å². The summed E-state index contributed by atoms with van der Waals surface area (Å²) in [5, 5.41) is 0. The van der Waals surface area contributed by atoms with Crippen LogP contribution in [-0.4, -0.2) is 14.1 Å². The summed E-state index contributed by atoms with van der Waals surface area (Å²) in [4.78, 5) is 2.10. The first-order valence-electron chi connectivity index (χ1n) is 6.25. The summed E-state index contributed by atoms with van der Waals surface area (Å²) in [7, 11) is 4.10. The van der Waals surface area contributed by atoms with Gasteiger partial charge in [-0.05, 0) is 36.5 Å². The third-order valence-electron chi connectivity index (χ3n) is 3.61. The van der Waals surface area contributed by atoms with E-state index in [0.717, 1.165) is 17.3 Å². The fourth-order valence-corrected chi connectivity index (χ4v) is 2.64. The first-order valence-corrected chi connectivity index (χ1v) is 6.25. The van der Waals surface area contributed by atoms with Crippen LogP contribution in [0.5, 0.6) is 0 Å². The summed E-state index contributed by atoms with van der Waals surface area (Å²) in [6.45, 7) is 0. The Morgan fingerprint density at radius 2 is 1.76 bits per heavy atom. The van der Waals surface area contributed by atoms with Gasteiger partial charge in [0.25, 0.3) is 0 Å². The monoisotopic (exact) mass is 254 g/mol. The molecule has 1 saturated carbocycles. The highest BCUT2D eigenvalue weighted by molar-refractivity contribution is 5.85. The van der Waals surface area contributed by atoms with E-state index >= 15 is 0 Å². The molecule has 0 aliphatic heterocycles. The number of anilines is 2. The maximum atomic E-state index is 5.98. The molecule has 2 N–H and O–H groups in total. The Bertz CT molecular complexity index is 357. The Balaban J connectivity index is 0.00000144. The van der Waals surface area contributed by atoms with Crippen molar-refractivity contribution in [3.63, 3.8) is 0 Å². The minimum Gasteiger partial charge on any atom is -0.397 e. The Hall–Kier alpha value is -0.890. The number of halogens is 1. The number of rotatable bonds is 2. The average Bonchev–Trinajstić information content (AvgIpc) is 2.30. The molecule has 0 aromatic heterocycles. The van der Waals surface area contributed by atoms with Crippen LogP contribution < -0.4 is 10.6 Å². The molecule has 17 heavy (non-hydrogen) atoms. The molecule has 1 aliphatic carbocycles. The summed E-state index contributed by atoms with van der Waals surface area (Å²) < 4.78 is 0. The highest BCUT2D eigenvalue weighted by atomic mass is 35.5. The number of nitrogen functional groups attached to an aromatic ring is 1. The average molecular weight is 255 g/mol. The minimum absolute atomic E-state index is 0. The molecule has 3 heteroatoms. The van der Waals surface area contributed by atoms with Crippen LogP contribution in [0.1, 0.15) is 43.6 Å². The normalized spacial score (nSPS) is 16.4. The fraction of sp³-hybridized carbons (Fsp3) is 0.571. The van der Waals surface area contributed by atoms with Crippen molar-refractivity contribution >= 4 is 23.8 Å². The lowest BCUT2D eigenvalue weighted by atomic mass is 9.84. The second kappa shape index (κ2) is 6.15. The Labute approximate surface area is 111 Å². The van der Waals surface area contributed by atoms with Crippen LogP contribution in [0.15, 0.2) is 18.2 Å². The number of nitrogens with two attached hydrogens (primary N) is 1. The molecule has 0 atom stereocenters. The number of benzene rings is 1. The van der Waals surface area contributed by atoms with Crippen molar-refractivity contribution in [3.05, 3.63) is 23.8 Å². The quantitative estimate of drug-likeness (QED) is 0.814. The van der Waals surface area contributed by atoms with Crippen molar-refractivity contribution in [2.75, 3.05) is 24.7 Å². The fourth-order valence-electron chi connectivity index (χ4n) is 2.64. The van der Waals surface area contributed by atoms with Crippen LogP contribution in [0.4, 0.5) is 11.4 Å². The first kappa shape index (κ1) is 14.2. The van der Waals surface area contributed by atoms with Crippen molar-refractivity contribution in [3.8, 4) is 0 Å². The van der Waals surface area contributed by atoms with Gasteiger partial charge in [-0.15, -0.1) is 12.4 Å². The Morgan fingerprint density at radius 3 is 2.35 bits per heavy atom. The molecule has 0 saturated heterocycles. The van der Waals surface area contributed by atoms with E-state index in [2.05, 4.69) is 37.2 Å². The summed E-state index contributed by atoms with van der Waals surface area (Å²) in [6.07, 6.45) is 6.86. The summed E-state index contributed by atoms with van der Waals surface area (Å²) in [5.74, 6) is 0.757. The third-order valence-corrected chi connectivity index (χ3v) is 3.61. The van der Waals surface area contributed by atoms with E-state index in [-0.39, 0.29) is 12.4 Å². The van der Waals surface area contributed by atoms with Gasteiger partial charge >= 0.3 is 0 Å². The standard InChI is InChI=1S/C14H22N2.ClH/c1-16(2)14-10-12(8-9-13(14)15)11-6-4-3-5-7-11;/h8-11H,3-7,15H2,1-2H3;1H. The third kappa shape index (κ3) is 3.29. The Kier molecular flexibility index (Phi) is 5.13. The van der Waals surface area contributed by atoms with Gasteiger partial charge in [0, 0.05) is 14.1 Å². The summed E-state index contributed by atoms with van der Waals surface area (Å²) in [5.41, 5.74) is 9.48. The molecule has 1 fully saturated rings. The van der Waals surface area contributed by atoms with Crippen LogP contribution in [0.2, 0.25) is 0 Å². The van der Waals surface area contributed by atoms with E-state index in [9.17, 15) is 0 Å². The van der Waals surface area contributed by atoms with E-state index in [1.165, 1.54) is 37.7 Å². The van der Waals surface area contributed by atoms with Gasteiger partial charge in [-0.2, -0.15) is 0 Å². The summed E-state index contributed by atoms with van der Waals surface area (Å²) >= 11 is 0. The largest absolute Gasteiger partial charge is 0.397 e.